The minimum atomic E-state index is 0.442. The van der Waals surface area contributed by atoms with Crippen molar-refractivity contribution in [2.75, 3.05) is 0 Å². The van der Waals surface area contributed by atoms with Crippen LogP contribution in [0.2, 0.25) is 0 Å². The molecule has 0 fully saturated rings. The number of hydrogen-bond donors (Lipinski definition) is 1. The number of carbonyl (C=O) groups excluding carboxylic acids is 1. The van der Waals surface area contributed by atoms with Crippen LogP contribution in [-0.2, 0) is 4.79 Å². The minimum Gasteiger partial charge on any atom is -0.410 e. The van der Waals surface area contributed by atoms with Crippen LogP contribution in [0.5, 0.6) is 0 Å². The molecule has 1 aliphatic rings. The molecule has 1 aromatic rings. The fourth-order valence-electron chi connectivity index (χ4n) is 1.44. The van der Waals surface area contributed by atoms with Crippen molar-refractivity contribution >= 4 is 17.6 Å². The number of oxime groups is 1. The van der Waals surface area contributed by atoms with E-state index in [2.05, 4.69) is 5.16 Å². The molecule has 0 atom stereocenters. The van der Waals surface area contributed by atoms with Crippen LogP contribution in [0.15, 0.2) is 35.5 Å². The second-order valence-corrected chi connectivity index (χ2v) is 2.75. The van der Waals surface area contributed by atoms with Crippen molar-refractivity contribution in [3.05, 3.63) is 41.5 Å². The molecule has 0 saturated carbocycles. The SMILES string of the molecule is O=CC1=C/C(=N/O)c2ccccc21. The van der Waals surface area contributed by atoms with Crippen molar-refractivity contribution in [1.29, 1.82) is 0 Å². The summed E-state index contributed by atoms with van der Waals surface area (Å²) in [6.45, 7) is 0. The first-order chi connectivity index (χ1) is 6.36. The van der Waals surface area contributed by atoms with E-state index in [4.69, 9.17) is 5.21 Å². The molecule has 0 spiro atoms. The van der Waals surface area contributed by atoms with E-state index in [0.29, 0.717) is 11.3 Å². The van der Waals surface area contributed by atoms with Gasteiger partial charge in [0, 0.05) is 11.1 Å². The molecule has 1 aliphatic carbocycles. The molecule has 3 nitrogen and oxygen atoms in total. The van der Waals surface area contributed by atoms with E-state index in [1.165, 1.54) is 0 Å². The van der Waals surface area contributed by atoms with Gasteiger partial charge in [-0.05, 0) is 11.6 Å². The highest BCUT2D eigenvalue weighted by Gasteiger charge is 2.18. The van der Waals surface area contributed by atoms with Gasteiger partial charge >= 0.3 is 0 Å². The quantitative estimate of drug-likeness (QED) is 0.397. The number of rotatable bonds is 1. The van der Waals surface area contributed by atoms with Crippen molar-refractivity contribution in [3.8, 4) is 0 Å². The highest BCUT2D eigenvalue weighted by atomic mass is 16.4. The summed E-state index contributed by atoms with van der Waals surface area (Å²) in [5, 5.41) is 11.8. The van der Waals surface area contributed by atoms with Crippen LogP contribution in [0.25, 0.3) is 5.57 Å². The highest BCUT2D eigenvalue weighted by Crippen LogP contribution is 2.25. The third kappa shape index (κ3) is 1.05. The average molecular weight is 173 g/mol. The van der Waals surface area contributed by atoms with E-state index in [0.717, 1.165) is 17.4 Å². The van der Waals surface area contributed by atoms with Gasteiger partial charge in [-0.2, -0.15) is 0 Å². The van der Waals surface area contributed by atoms with Gasteiger partial charge in [-0.15, -0.1) is 0 Å². The summed E-state index contributed by atoms with van der Waals surface area (Å²) in [6, 6.07) is 7.33. The molecule has 0 amide bonds. The number of benzene rings is 1. The lowest BCUT2D eigenvalue weighted by Gasteiger charge is -1.97. The molecule has 0 aliphatic heterocycles. The second-order valence-electron chi connectivity index (χ2n) is 2.75. The fraction of sp³-hybridized carbons (Fsp3) is 0. The van der Waals surface area contributed by atoms with E-state index in [-0.39, 0.29) is 0 Å². The van der Waals surface area contributed by atoms with Crippen LogP contribution in [0.1, 0.15) is 11.1 Å². The molecule has 1 aromatic carbocycles. The lowest BCUT2D eigenvalue weighted by Crippen LogP contribution is -1.92. The van der Waals surface area contributed by atoms with Crippen LogP contribution < -0.4 is 0 Å². The molecule has 0 heterocycles. The minimum absolute atomic E-state index is 0.442. The Bertz CT molecular complexity index is 419. The monoisotopic (exact) mass is 173 g/mol. The van der Waals surface area contributed by atoms with Crippen LogP contribution in [0.3, 0.4) is 0 Å². The number of allylic oxidation sites excluding steroid dienone is 2. The first-order valence-corrected chi connectivity index (χ1v) is 3.85. The van der Waals surface area contributed by atoms with Crippen molar-refractivity contribution in [2.45, 2.75) is 0 Å². The smallest absolute Gasteiger partial charge is 0.150 e. The number of nitrogens with zero attached hydrogens (tertiary/aromatic N) is 1. The van der Waals surface area contributed by atoms with Gasteiger partial charge in [0.25, 0.3) is 0 Å². The van der Waals surface area contributed by atoms with Crippen molar-refractivity contribution in [2.24, 2.45) is 5.16 Å². The molecule has 0 radical (unpaired) electrons. The van der Waals surface area contributed by atoms with Crippen molar-refractivity contribution in [3.63, 3.8) is 0 Å². The first-order valence-electron chi connectivity index (χ1n) is 3.85. The van der Waals surface area contributed by atoms with Gasteiger partial charge in [-0.1, -0.05) is 29.4 Å². The topological polar surface area (TPSA) is 49.7 Å². The Morgan fingerprint density at radius 2 is 1.92 bits per heavy atom. The molecule has 13 heavy (non-hydrogen) atoms. The molecule has 3 heteroatoms. The summed E-state index contributed by atoms with van der Waals surface area (Å²) in [5.74, 6) is 0. The molecular weight excluding hydrogens is 166 g/mol. The third-order valence-electron chi connectivity index (χ3n) is 2.04. The van der Waals surface area contributed by atoms with Crippen molar-refractivity contribution in [1.82, 2.24) is 0 Å². The molecular formula is C10H7NO2. The van der Waals surface area contributed by atoms with E-state index in [1.807, 2.05) is 24.3 Å². The maximum absolute atomic E-state index is 10.6. The molecule has 0 unspecified atom stereocenters. The zero-order valence-corrected chi connectivity index (χ0v) is 6.77. The predicted octanol–water partition coefficient (Wildman–Crippen LogP) is 1.46. The van der Waals surface area contributed by atoms with Gasteiger partial charge in [0.2, 0.25) is 0 Å². The van der Waals surface area contributed by atoms with Crippen LogP contribution in [-0.4, -0.2) is 17.2 Å². The Hall–Kier alpha value is -1.90. The lowest BCUT2D eigenvalue weighted by molar-refractivity contribution is -0.103. The van der Waals surface area contributed by atoms with Gasteiger partial charge in [0.1, 0.15) is 5.71 Å². The summed E-state index contributed by atoms with van der Waals surface area (Å²) in [5.41, 5.74) is 2.62. The van der Waals surface area contributed by atoms with E-state index in [1.54, 1.807) is 6.08 Å². The molecule has 2 rings (SSSR count). The summed E-state index contributed by atoms with van der Waals surface area (Å²) in [7, 11) is 0. The largest absolute Gasteiger partial charge is 0.410 e. The summed E-state index contributed by atoms with van der Waals surface area (Å²) < 4.78 is 0. The lowest BCUT2D eigenvalue weighted by atomic mass is 10.1. The third-order valence-corrected chi connectivity index (χ3v) is 2.04. The van der Waals surface area contributed by atoms with Crippen molar-refractivity contribution < 1.29 is 10.0 Å². The Morgan fingerprint density at radius 3 is 2.54 bits per heavy atom. The number of hydrogen-bond acceptors (Lipinski definition) is 3. The summed E-state index contributed by atoms with van der Waals surface area (Å²) >= 11 is 0. The normalized spacial score (nSPS) is 16.9. The van der Waals surface area contributed by atoms with Crippen LogP contribution >= 0.6 is 0 Å². The number of aldehydes is 1. The average Bonchev–Trinajstić information content (AvgIpc) is 2.56. The molecule has 64 valence electrons. The van der Waals surface area contributed by atoms with Crippen LogP contribution in [0.4, 0.5) is 0 Å². The van der Waals surface area contributed by atoms with E-state index >= 15 is 0 Å². The number of carbonyl (C=O) groups is 1. The van der Waals surface area contributed by atoms with Gasteiger partial charge in [0.15, 0.2) is 6.29 Å². The Kier molecular flexibility index (Phi) is 1.70. The first kappa shape index (κ1) is 7.73. The Morgan fingerprint density at radius 1 is 1.23 bits per heavy atom. The predicted molar refractivity (Wildman–Crippen MR) is 48.8 cm³/mol. The fourth-order valence-corrected chi connectivity index (χ4v) is 1.44. The highest BCUT2D eigenvalue weighted by molar-refractivity contribution is 6.28. The van der Waals surface area contributed by atoms with E-state index in [9.17, 15) is 4.79 Å². The maximum Gasteiger partial charge on any atom is 0.150 e. The number of fused-ring (bicyclic) bond motifs is 1. The maximum atomic E-state index is 10.6. The van der Waals surface area contributed by atoms with Gasteiger partial charge in [0.05, 0.1) is 0 Å². The summed E-state index contributed by atoms with van der Waals surface area (Å²) in [4.78, 5) is 10.6. The zero-order valence-electron chi connectivity index (χ0n) is 6.77. The molecule has 1 N–H and O–H groups in total. The molecule has 0 saturated heterocycles. The Balaban J connectivity index is 2.67. The van der Waals surface area contributed by atoms with E-state index < -0.39 is 0 Å². The second kappa shape index (κ2) is 2.86. The zero-order chi connectivity index (χ0) is 9.26. The molecule has 0 bridgehead atoms. The van der Waals surface area contributed by atoms with Gasteiger partial charge in [-0.25, -0.2) is 0 Å². The van der Waals surface area contributed by atoms with Gasteiger partial charge in [-0.3, -0.25) is 4.79 Å². The summed E-state index contributed by atoms with van der Waals surface area (Å²) in [6.07, 6.45) is 2.33. The standard InChI is InChI=1S/C10H7NO2/c12-6-7-5-10(11-13)9-4-2-1-3-8(7)9/h1-6,13H/b11-10-. The molecule has 0 aromatic heterocycles. The van der Waals surface area contributed by atoms with Crippen LogP contribution in [0, 0.1) is 0 Å². The van der Waals surface area contributed by atoms with Gasteiger partial charge < -0.3 is 5.21 Å². The Labute approximate surface area is 75.0 Å².